The van der Waals surface area contributed by atoms with Crippen LogP contribution in [0.1, 0.15) is 36.5 Å². The van der Waals surface area contributed by atoms with E-state index in [1.54, 1.807) is 0 Å². The van der Waals surface area contributed by atoms with E-state index in [1.807, 2.05) is 20.8 Å². The standard InChI is InChI=1S/C16H19F2N3/c1-4-13-10(3)20-15(21-16(13)19-5-2)8-11-6-7-12(17)9-14(11)18/h6-7,9H,4-5,8H2,1-3H3,(H,19,20,21). The summed E-state index contributed by atoms with van der Waals surface area (Å²) in [4.78, 5) is 8.90. The first-order chi connectivity index (χ1) is 10.0. The molecule has 21 heavy (non-hydrogen) atoms. The Labute approximate surface area is 123 Å². The molecule has 112 valence electrons. The molecule has 0 unspecified atom stereocenters. The average Bonchev–Trinajstić information content (AvgIpc) is 2.42. The second-order valence-corrected chi connectivity index (χ2v) is 4.85. The summed E-state index contributed by atoms with van der Waals surface area (Å²) in [7, 11) is 0. The summed E-state index contributed by atoms with van der Waals surface area (Å²) < 4.78 is 26.7. The van der Waals surface area contributed by atoms with Crippen LogP contribution in [0.5, 0.6) is 0 Å². The van der Waals surface area contributed by atoms with E-state index in [4.69, 9.17) is 0 Å². The van der Waals surface area contributed by atoms with Crippen LogP contribution in [-0.2, 0) is 12.8 Å². The lowest BCUT2D eigenvalue weighted by molar-refractivity contribution is 0.573. The van der Waals surface area contributed by atoms with Crippen molar-refractivity contribution in [1.82, 2.24) is 9.97 Å². The Balaban J connectivity index is 2.35. The van der Waals surface area contributed by atoms with Gasteiger partial charge in [-0.05, 0) is 31.9 Å². The van der Waals surface area contributed by atoms with Gasteiger partial charge >= 0.3 is 0 Å². The Kier molecular flexibility index (Phi) is 4.83. The highest BCUT2D eigenvalue weighted by Gasteiger charge is 2.12. The van der Waals surface area contributed by atoms with Crippen molar-refractivity contribution >= 4 is 5.82 Å². The van der Waals surface area contributed by atoms with Crippen LogP contribution in [0.15, 0.2) is 18.2 Å². The Morgan fingerprint density at radius 2 is 1.90 bits per heavy atom. The number of anilines is 1. The minimum atomic E-state index is -0.581. The van der Waals surface area contributed by atoms with Gasteiger partial charge in [-0.25, -0.2) is 18.7 Å². The summed E-state index contributed by atoms with van der Waals surface area (Å²) in [6, 6.07) is 3.56. The highest BCUT2D eigenvalue weighted by atomic mass is 19.1. The van der Waals surface area contributed by atoms with E-state index in [2.05, 4.69) is 15.3 Å². The number of benzene rings is 1. The molecule has 0 fully saturated rings. The summed E-state index contributed by atoms with van der Waals surface area (Å²) in [5, 5.41) is 3.21. The van der Waals surface area contributed by atoms with Gasteiger partial charge in [0.05, 0.1) is 0 Å². The fourth-order valence-electron chi connectivity index (χ4n) is 2.31. The third kappa shape index (κ3) is 3.54. The van der Waals surface area contributed by atoms with E-state index in [-0.39, 0.29) is 6.42 Å². The third-order valence-corrected chi connectivity index (χ3v) is 3.32. The Morgan fingerprint density at radius 1 is 1.14 bits per heavy atom. The maximum atomic E-state index is 13.7. The SMILES string of the molecule is CCNc1nc(Cc2ccc(F)cc2F)nc(C)c1CC. The molecule has 3 nitrogen and oxygen atoms in total. The molecule has 1 aromatic heterocycles. The van der Waals surface area contributed by atoms with Gasteiger partial charge in [0.1, 0.15) is 23.3 Å². The largest absolute Gasteiger partial charge is 0.370 e. The molecule has 1 N–H and O–H groups in total. The smallest absolute Gasteiger partial charge is 0.135 e. The quantitative estimate of drug-likeness (QED) is 0.913. The minimum Gasteiger partial charge on any atom is -0.370 e. The summed E-state index contributed by atoms with van der Waals surface area (Å²) in [6.07, 6.45) is 1.08. The number of hydrogen-bond acceptors (Lipinski definition) is 3. The molecule has 0 saturated carbocycles. The van der Waals surface area contributed by atoms with Gasteiger partial charge in [0.25, 0.3) is 0 Å². The van der Waals surface area contributed by atoms with Gasteiger partial charge in [-0.2, -0.15) is 0 Å². The van der Waals surface area contributed by atoms with Crippen LogP contribution >= 0.6 is 0 Å². The van der Waals surface area contributed by atoms with E-state index in [0.717, 1.165) is 36.1 Å². The first-order valence-corrected chi connectivity index (χ1v) is 7.09. The molecule has 0 radical (unpaired) electrons. The number of aryl methyl sites for hydroxylation is 1. The molecular weight excluding hydrogens is 272 g/mol. The Morgan fingerprint density at radius 3 is 2.52 bits per heavy atom. The van der Waals surface area contributed by atoms with Crippen molar-refractivity contribution < 1.29 is 8.78 Å². The zero-order chi connectivity index (χ0) is 15.4. The maximum Gasteiger partial charge on any atom is 0.135 e. The van der Waals surface area contributed by atoms with Crippen LogP contribution in [0.4, 0.5) is 14.6 Å². The lowest BCUT2D eigenvalue weighted by atomic mass is 10.1. The predicted molar refractivity (Wildman–Crippen MR) is 79.5 cm³/mol. The molecule has 0 aliphatic carbocycles. The first-order valence-electron chi connectivity index (χ1n) is 7.09. The normalized spacial score (nSPS) is 10.7. The van der Waals surface area contributed by atoms with E-state index in [0.29, 0.717) is 11.4 Å². The van der Waals surface area contributed by atoms with Crippen molar-refractivity contribution in [2.45, 2.75) is 33.6 Å². The van der Waals surface area contributed by atoms with E-state index < -0.39 is 11.6 Å². The highest BCUT2D eigenvalue weighted by molar-refractivity contribution is 5.46. The summed E-state index contributed by atoms with van der Waals surface area (Å²) in [5.41, 5.74) is 2.35. The van der Waals surface area contributed by atoms with E-state index in [1.165, 1.54) is 12.1 Å². The average molecular weight is 291 g/mol. The molecule has 0 amide bonds. The molecule has 0 bridgehead atoms. The molecule has 0 atom stereocenters. The summed E-state index contributed by atoms with van der Waals surface area (Å²) in [5.74, 6) is 0.181. The highest BCUT2D eigenvalue weighted by Crippen LogP contribution is 2.19. The van der Waals surface area contributed by atoms with Crippen molar-refractivity contribution in [3.05, 3.63) is 52.5 Å². The molecule has 5 heteroatoms. The van der Waals surface area contributed by atoms with Crippen LogP contribution in [-0.4, -0.2) is 16.5 Å². The number of hydrogen-bond donors (Lipinski definition) is 1. The second-order valence-electron chi connectivity index (χ2n) is 4.85. The van der Waals surface area contributed by atoms with Gasteiger partial charge in [-0.3, -0.25) is 0 Å². The van der Waals surface area contributed by atoms with Gasteiger partial charge < -0.3 is 5.32 Å². The van der Waals surface area contributed by atoms with Crippen molar-refractivity contribution in [2.75, 3.05) is 11.9 Å². The fourth-order valence-corrected chi connectivity index (χ4v) is 2.31. The Hall–Kier alpha value is -2.04. The van der Waals surface area contributed by atoms with Crippen molar-refractivity contribution in [2.24, 2.45) is 0 Å². The molecular formula is C16H19F2N3. The zero-order valence-electron chi connectivity index (χ0n) is 12.5. The molecule has 1 aromatic carbocycles. The zero-order valence-corrected chi connectivity index (χ0v) is 12.5. The predicted octanol–water partition coefficient (Wildman–Crippen LogP) is 3.65. The van der Waals surface area contributed by atoms with Crippen LogP contribution in [0.2, 0.25) is 0 Å². The number of rotatable bonds is 5. The number of nitrogens with one attached hydrogen (secondary N) is 1. The molecule has 2 rings (SSSR count). The van der Waals surface area contributed by atoms with Crippen molar-refractivity contribution in [1.29, 1.82) is 0 Å². The van der Waals surface area contributed by atoms with Gasteiger partial charge in [0, 0.05) is 30.3 Å². The Bertz CT molecular complexity index is 642. The topological polar surface area (TPSA) is 37.8 Å². The molecule has 1 heterocycles. The molecule has 0 saturated heterocycles. The van der Waals surface area contributed by atoms with Crippen LogP contribution in [0, 0.1) is 18.6 Å². The summed E-state index contributed by atoms with van der Waals surface area (Å²) >= 11 is 0. The van der Waals surface area contributed by atoms with Gasteiger partial charge in [-0.15, -0.1) is 0 Å². The minimum absolute atomic E-state index is 0.245. The van der Waals surface area contributed by atoms with Crippen LogP contribution in [0.25, 0.3) is 0 Å². The number of aromatic nitrogens is 2. The van der Waals surface area contributed by atoms with Crippen molar-refractivity contribution in [3.63, 3.8) is 0 Å². The number of halogens is 2. The van der Waals surface area contributed by atoms with Crippen LogP contribution in [0.3, 0.4) is 0 Å². The maximum absolute atomic E-state index is 13.7. The van der Waals surface area contributed by atoms with Gasteiger partial charge in [-0.1, -0.05) is 13.0 Å². The molecule has 0 aliphatic heterocycles. The molecule has 0 spiro atoms. The molecule has 0 aliphatic rings. The van der Waals surface area contributed by atoms with Crippen LogP contribution < -0.4 is 5.32 Å². The lowest BCUT2D eigenvalue weighted by Gasteiger charge is -2.13. The van der Waals surface area contributed by atoms with E-state index >= 15 is 0 Å². The second kappa shape index (κ2) is 6.61. The first kappa shape index (κ1) is 15.4. The number of nitrogens with zero attached hydrogens (tertiary/aromatic N) is 2. The van der Waals surface area contributed by atoms with Crippen molar-refractivity contribution in [3.8, 4) is 0 Å². The lowest BCUT2D eigenvalue weighted by Crippen LogP contribution is -2.10. The molecule has 2 aromatic rings. The van der Waals surface area contributed by atoms with Gasteiger partial charge in [0.15, 0.2) is 0 Å². The third-order valence-electron chi connectivity index (χ3n) is 3.32. The van der Waals surface area contributed by atoms with Gasteiger partial charge in [0.2, 0.25) is 0 Å². The monoisotopic (exact) mass is 291 g/mol. The fraction of sp³-hybridized carbons (Fsp3) is 0.375. The van der Waals surface area contributed by atoms with E-state index in [9.17, 15) is 8.78 Å². The summed E-state index contributed by atoms with van der Waals surface area (Å²) in [6.45, 7) is 6.72.